The first-order valence-corrected chi connectivity index (χ1v) is 5.77. The zero-order valence-electron chi connectivity index (χ0n) is 9.31. The zero-order valence-corrected chi connectivity index (χ0v) is 9.31. The van der Waals surface area contributed by atoms with Gasteiger partial charge in [-0.2, -0.15) is 0 Å². The predicted octanol–water partition coefficient (Wildman–Crippen LogP) is 3.07. The van der Waals surface area contributed by atoms with Gasteiger partial charge < -0.3 is 5.73 Å². The van der Waals surface area contributed by atoms with Gasteiger partial charge in [0.2, 0.25) is 0 Å². The maximum atomic E-state index is 13.5. The quantitative estimate of drug-likeness (QED) is 0.840. The standard InChI is InChI=1S/C13H17F2N/c14-8-10-11(4-3-5-12(10)15)13(9-16)6-1-2-7-13/h3-5H,1-2,6-9,16H2. The summed E-state index contributed by atoms with van der Waals surface area (Å²) < 4.78 is 26.5. The molecule has 0 amide bonds. The Labute approximate surface area is 94.7 Å². The van der Waals surface area contributed by atoms with Crippen molar-refractivity contribution >= 4 is 0 Å². The lowest BCUT2D eigenvalue weighted by Crippen LogP contribution is -2.33. The van der Waals surface area contributed by atoms with Crippen molar-refractivity contribution < 1.29 is 8.78 Å². The summed E-state index contributed by atoms with van der Waals surface area (Å²) in [4.78, 5) is 0. The summed E-state index contributed by atoms with van der Waals surface area (Å²) in [5.74, 6) is -0.445. The van der Waals surface area contributed by atoms with Crippen molar-refractivity contribution in [2.24, 2.45) is 5.73 Å². The predicted molar refractivity (Wildman–Crippen MR) is 60.4 cm³/mol. The highest BCUT2D eigenvalue weighted by Crippen LogP contribution is 2.42. The molecule has 0 atom stereocenters. The van der Waals surface area contributed by atoms with Crippen LogP contribution in [-0.4, -0.2) is 6.54 Å². The minimum Gasteiger partial charge on any atom is -0.330 e. The van der Waals surface area contributed by atoms with Gasteiger partial charge >= 0.3 is 0 Å². The van der Waals surface area contributed by atoms with Crippen LogP contribution in [0.5, 0.6) is 0 Å². The Morgan fingerprint density at radius 2 is 1.94 bits per heavy atom. The maximum Gasteiger partial charge on any atom is 0.129 e. The van der Waals surface area contributed by atoms with Gasteiger partial charge in [0.15, 0.2) is 0 Å². The second kappa shape index (κ2) is 4.50. The molecule has 0 aliphatic heterocycles. The highest BCUT2D eigenvalue weighted by molar-refractivity contribution is 5.36. The molecule has 2 N–H and O–H groups in total. The molecule has 0 aromatic heterocycles. The van der Waals surface area contributed by atoms with Crippen molar-refractivity contribution in [2.75, 3.05) is 6.54 Å². The Morgan fingerprint density at radius 1 is 1.25 bits per heavy atom. The summed E-state index contributed by atoms with van der Waals surface area (Å²) in [5, 5.41) is 0. The number of benzene rings is 1. The monoisotopic (exact) mass is 225 g/mol. The van der Waals surface area contributed by atoms with E-state index in [0.29, 0.717) is 6.54 Å². The Balaban J connectivity index is 2.49. The summed E-state index contributed by atoms with van der Waals surface area (Å²) in [5.41, 5.74) is 6.63. The van der Waals surface area contributed by atoms with E-state index in [2.05, 4.69) is 0 Å². The van der Waals surface area contributed by atoms with Crippen molar-refractivity contribution in [3.63, 3.8) is 0 Å². The smallest absolute Gasteiger partial charge is 0.129 e. The molecule has 3 heteroatoms. The van der Waals surface area contributed by atoms with Crippen LogP contribution in [0.1, 0.15) is 36.8 Å². The van der Waals surface area contributed by atoms with Crippen molar-refractivity contribution in [2.45, 2.75) is 37.8 Å². The van der Waals surface area contributed by atoms with Crippen LogP contribution in [0.3, 0.4) is 0 Å². The minimum atomic E-state index is -0.746. The lowest BCUT2D eigenvalue weighted by Gasteiger charge is -2.29. The molecular weight excluding hydrogens is 208 g/mol. The van der Waals surface area contributed by atoms with Gasteiger partial charge in [-0.15, -0.1) is 0 Å². The van der Waals surface area contributed by atoms with Crippen molar-refractivity contribution in [1.29, 1.82) is 0 Å². The van der Waals surface area contributed by atoms with Crippen molar-refractivity contribution in [1.82, 2.24) is 0 Å². The topological polar surface area (TPSA) is 26.0 Å². The van der Waals surface area contributed by atoms with E-state index < -0.39 is 12.5 Å². The largest absolute Gasteiger partial charge is 0.330 e. The van der Waals surface area contributed by atoms with Crippen LogP contribution in [0.25, 0.3) is 0 Å². The highest BCUT2D eigenvalue weighted by Gasteiger charge is 2.36. The molecule has 0 bridgehead atoms. The normalized spacial score (nSPS) is 18.9. The Morgan fingerprint density at radius 3 is 2.50 bits per heavy atom. The molecule has 0 heterocycles. The van der Waals surface area contributed by atoms with Gasteiger partial charge in [0.05, 0.1) is 0 Å². The maximum absolute atomic E-state index is 13.5. The SMILES string of the molecule is NCC1(c2cccc(F)c2CF)CCCC1. The van der Waals surface area contributed by atoms with Crippen LogP contribution in [0.15, 0.2) is 18.2 Å². The number of alkyl halides is 1. The van der Waals surface area contributed by atoms with Crippen LogP contribution in [0, 0.1) is 5.82 Å². The van der Waals surface area contributed by atoms with Gasteiger partial charge in [-0.1, -0.05) is 25.0 Å². The molecule has 1 aromatic rings. The van der Waals surface area contributed by atoms with E-state index in [-0.39, 0.29) is 11.0 Å². The summed E-state index contributed by atoms with van der Waals surface area (Å²) in [6.07, 6.45) is 4.08. The van der Waals surface area contributed by atoms with Gasteiger partial charge in [0.1, 0.15) is 12.5 Å². The number of halogens is 2. The van der Waals surface area contributed by atoms with Crippen molar-refractivity contribution in [3.05, 3.63) is 35.1 Å². The van der Waals surface area contributed by atoms with E-state index in [0.717, 1.165) is 31.2 Å². The number of rotatable bonds is 3. The number of nitrogens with two attached hydrogens (primary N) is 1. The lowest BCUT2D eigenvalue weighted by molar-refractivity contribution is 0.415. The molecule has 1 aliphatic rings. The Bertz CT molecular complexity index is 370. The fraction of sp³-hybridized carbons (Fsp3) is 0.538. The first-order valence-electron chi connectivity index (χ1n) is 5.77. The molecule has 16 heavy (non-hydrogen) atoms. The fourth-order valence-corrected chi connectivity index (χ4v) is 2.83. The number of hydrogen-bond donors (Lipinski definition) is 1. The summed E-state index contributed by atoms with van der Waals surface area (Å²) in [6, 6.07) is 4.80. The number of hydrogen-bond acceptors (Lipinski definition) is 1. The molecule has 0 radical (unpaired) electrons. The van der Waals surface area contributed by atoms with Crippen LogP contribution in [-0.2, 0) is 12.1 Å². The third-order valence-electron chi connectivity index (χ3n) is 3.78. The summed E-state index contributed by atoms with van der Waals surface area (Å²) in [7, 11) is 0. The van der Waals surface area contributed by atoms with Crippen LogP contribution >= 0.6 is 0 Å². The highest BCUT2D eigenvalue weighted by atomic mass is 19.1. The van der Waals surface area contributed by atoms with E-state index in [4.69, 9.17) is 5.73 Å². The third-order valence-corrected chi connectivity index (χ3v) is 3.78. The first kappa shape index (κ1) is 11.5. The van der Waals surface area contributed by atoms with E-state index in [9.17, 15) is 8.78 Å². The average molecular weight is 225 g/mol. The van der Waals surface area contributed by atoms with E-state index in [1.54, 1.807) is 6.07 Å². The minimum absolute atomic E-state index is 0.191. The molecule has 1 aliphatic carbocycles. The van der Waals surface area contributed by atoms with Crippen LogP contribution in [0.2, 0.25) is 0 Å². The van der Waals surface area contributed by atoms with Crippen LogP contribution < -0.4 is 5.73 Å². The van der Waals surface area contributed by atoms with Crippen molar-refractivity contribution in [3.8, 4) is 0 Å². The van der Waals surface area contributed by atoms with Gasteiger partial charge in [-0.3, -0.25) is 0 Å². The van der Waals surface area contributed by atoms with E-state index >= 15 is 0 Å². The molecule has 1 nitrogen and oxygen atoms in total. The first-order chi connectivity index (χ1) is 7.73. The summed E-state index contributed by atoms with van der Waals surface area (Å²) in [6.45, 7) is -0.271. The molecule has 0 saturated heterocycles. The fourth-order valence-electron chi connectivity index (χ4n) is 2.83. The third kappa shape index (κ3) is 1.73. The van der Waals surface area contributed by atoms with Crippen LogP contribution in [0.4, 0.5) is 8.78 Å². The summed E-state index contributed by atoms with van der Waals surface area (Å²) >= 11 is 0. The Kier molecular flexibility index (Phi) is 3.24. The molecule has 2 rings (SSSR count). The lowest BCUT2D eigenvalue weighted by atomic mass is 9.77. The van der Waals surface area contributed by atoms with Gasteiger partial charge in [0.25, 0.3) is 0 Å². The second-order valence-corrected chi connectivity index (χ2v) is 4.59. The Hall–Kier alpha value is -0.960. The molecule has 1 aromatic carbocycles. The second-order valence-electron chi connectivity index (χ2n) is 4.59. The zero-order chi connectivity index (χ0) is 11.6. The molecule has 1 saturated carbocycles. The van der Waals surface area contributed by atoms with Gasteiger partial charge in [0, 0.05) is 17.5 Å². The molecule has 0 spiro atoms. The molecule has 1 fully saturated rings. The average Bonchev–Trinajstić information content (AvgIpc) is 2.78. The van der Waals surface area contributed by atoms with E-state index in [1.165, 1.54) is 6.07 Å². The van der Waals surface area contributed by atoms with Gasteiger partial charge in [-0.05, 0) is 24.5 Å². The molecule has 88 valence electrons. The molecule has 0 unspecified atom stereocenters. The molecular formula is C13H17F2N. The van der Waals surface area contributed by atoms with E-state index in [1.807, 2.05) is 6.07 Å². The van der Waals surface area contributed by atoms with Gasteiger partial charge in [-0.25, -0.2) is 8.78 Å².